The van der Waals surface area contributed by atoms with Crippen LogP contribution in [0.1, 0.15) is 58.4 Å². The lowest BCUT2D eigenvalue weighted by Crippen LogP contribution is -2.52. The fourth-order valence-electron chi connectivity index (χ4n) is 3.78. The van der Waals surface area contributed by atoms with E-state index < -0.39 is 16.1 Å². The number of nitrogens with two attached hydrogens (primary N) is 1. The molecule has 0 aliphatic heterocycles. The fourth-order valence-corrected chi connectivity index (χ4v) is 4.30. The molecule has 2 atom stereocenters. The van der Waals surface area contributed by atoms with E-state index in [0.29, 0.717) is 18.9 Å². The third-order valence-electron chi connectivity index (χ3n) is 6.14. The fraction of sp³-hybridized carbons (Fsp3) is 0.636. The van der Waals surface area contributed by atoms with Gasteiger partial charge in [-0.05, 0) is 61.6 Å². The zero-order valence-electron chi connectivity index (χ0n) is 18.2. The monoisotopic (exact) mass is 437 g/mol. The first-order valence-corrected chi connectivity index (χ1v) is 12.4. The normalized spacial score (nSPS) is 21.5. The van der Waals surface area contributed by atoms with E-state index >= 15 is 0 Å². The van der Waals surface area contributed by atoms with Crippen molar-refractivity contribution in [2.75, 3.05) is 6.54 Å². The van der Waals surface area contributed by atoms with E-state index in [2.05, 4.69) is 17.6 Å². The molecular formula is C22H35N3O4S. The van der Waals surface area contributed by atoms with Crippen LogP contribution in [0.25, 0.3) is 0 Å². The number of hydrogen-bond donors (Lipinski definition) is 3. The zero-order chi connectivity index (χ0) is 22.3. The summed E-state index contributed by atoms with van der Waals surface area (Å²) in [5.41, 5.74) is 0.892. The van der Waals surface area contributed by atoms with E-state index in [0.717, 1.165) is 37.7 Å². The van der Waals surface area contributed by atoms with Crippen LogP contribution in [0.3, 0.4) is 0 Å². The number of nitrogens with one attached hydrogen (secondary N) is 2. The molecular weight excluding hydrogens is 402 g/mol. The molecule has 1 aliphatic rings. The Kier molecular flexibility index (Phi) is 8.85. The van der Waals surface area contributed by atoms with Gasteiger partial charge in [0.05, 0.1) is 4.90 Å². The molecule has 1 aliphatic carbocycles. The average Bonchev–Trinajstić information content (AvgIpc) is 2.71. The molecule has 2 amide bonds. The molecule has 1 aromatic rings. The van der Waals surface area contributed by atoms with Crippen molar-refractivity contribution in [1.29, 1.82) is 0 Å². The number of amides is 2. The van der Waals surface area contributed by atoms with Crippen molar-refractivity contribution in [3.63, 3.8) is 0 Å². The molecule has 2 rings (SSSR count). The van der Waals surface area contributed by atoms with Gasteiger partial charge in [-0.3, -0.25) is 9.59 Å². The lowest BCUT2D eigenvalue weighted by molar-refractivity contribution is -0.133. The largest absolute Gasteiger partial charge is 0.354 e. The van der Waals surface area contributed by atoms with Crippen molar-refractivity contribution < 1.29 is 18.0 Å². The molecule has 1 fully saturated rings. The van der Waals surface area contributed by atoms with E-state index in [1.165, 1.54) is 12.1 Å². The van der Waals surface area contributed by atoms with E-state index in [9.17, 15) is 18.0 Å². The van der Waals surface area contributed by atoms with Crippen LogP contribution < -0.4 is 15.8 Å². The maximum Gasteiger partial charge on any atom is 0.242 e. The molecule has 0 spiro atoms. The minimum absolute atomic E-state index is 0.00195. The Bertz CT molecular complexity index is 815. The van der Waals surface area contributed by atoms with Crippen LogP contribution in [0.4, 0.5) is 0 Å². The first-order chi connectivity index (χ1) is 14.1. The van der Waals surface area contributed by atoms with Crippen molar-refractivity contribution >= 4 is 21.8 Å². The van der Waals surface area contributed by atoms with E-state index in [4.69, 9.17) is 5.14 Å². The second kappa shape index (κ2) is 10.9. The summed E-state index contributed by atoms with van der Waals surface area (Å²) in [5, 5.41) is 11.0. The molecule has 1 saturated carbocycles. The number of rotatable bonds is 9. The molecule has 0 saturated heterocycles. The summed E-state index contributed by atoms with van der Waals surface area (Å²) in [4.78, 5) is 25.5. The van der Waals surface area contributed by atoms with Crippen LogP contribution >= 0.6 is 0 Å². The highest BCUT2D eigenvalue weighted by molar-refractivity contribution is 7.89. The van der Waals surface area contributed by atoms with E-state index in [1.807, 2.05) is 13.8 Å². The third kappa shape index (κ3) is 7.09. The van der Waals surface area contributed by atoms with Gasteiger partial charge in [0.25, 0.3) is 0 Å². The molecule has 4 N–H and O–H groups in total. The van der Waals surface area contributed by atoms with E-state index in [1.54, 1.807) is 12.1 Å². The predicted molar refractivity (Wildman–Crippen MR) is 117 cm³/mol. The standard InChI is InChI=1S/C22H35N3O4S/c1-4-16(3)20(25-21(26)18-9-5-15(2)6-10-18)22(27)24-14-13-17-7-11-19(12-8-17)30(23,28)29/h7-8,11-12,15-16,18,20H,4-6,9-10,13-14H2,1-3H3,(H,24,27)(H,25,26)(H2,23,28,29)/t15?,16-,18?,20-/m0/s1. The number of primary sulfonamides is 1. The smallest absolute Gasteiger partial charge is 0.242 e. The molecule has 7 nitrogen and oxygen atoms in total. The molecule has 30 heavy (non-hydrogen) atoms. The second-order valence-electron chi connectivity index (χ2n) is 8.56. The molecule has 0 bridgehead atoms. The molecule has 8 heteroatoms. The predicted octanol–water partition coefficient (Wildman–Crippen LogP) is 2.35. The maximum atomic E-state index is 12.8. The number of benzene rings is 1. The summed E-state index contributed by atoms with van der Waals surface area (Å²) >= 11 is 0. The average molecular weight is 438 g/mol. The Labute approximate surface area is 180 Å². The Morgan fingerprint density at radius 1 is 1.13 bits per heavy atom. The summed E-state index contributed by atoms with van der Waals surface area (Å²) in [7, 11) is -3.71. The SMILES string of the molecule is CC[C@H](C)[C@H](NC(=O)C1CCC(C)CC1)C(=O)NCCc1ccc(S(N)(=O)=O)cc1. The first-order valence-electron chi connectivity index (χ1n) is 10.8. The van der Waals surface area contributed by atoms with Gasteiger partial charge in [0.1, 0.15) is 6.04 Å². The number of carbonyl (C=O) groups excluding carboxylic acids is 2. The maximum absolute atomic E-state index is 12.8. The van der Waals surface area contributed by atoms with Gasteiger partial charge in [-0.25, -0.2) is 13.6 Å². The molecule has 0 aromatic heterocycles. The highest BCUT2D eigenvalue weighted by atomic mass is 32.2. The lowest BCUT2D eigenvalue weighted by atomic mass is 9.82. The van der Waals surface area contributed by atoms with Crippen LogP contribution in [0.2, 0.25) is 0 Å². The van der Waals surface area contributed by atoms with Crippen molar-refractivity contribution in [1.82, 2.24) is 10.6 Å². The van der Waals surface area contributed by atoms with Crippen molar-refractivity contribution in [3.8, 4) is 0 Å². The van der Waals surface area contributed by atoms with Crippen LogP contribution in [0, 0.1) is 17.8 Å². The van der Waals surface area contributed by atoms with Gasteiger partial charge in [0, 0.05) is 12.5 Å². The quantitative estimate of drug-likeness (QED) is 0.549. The molecule has 168 valence electrons. The van der Waals surface area contributed by atoms with Gasteiger partial charge in [0.15, 0.2) is 0 Å². The molecule has 0 heterocycles. The van der Waals surface area contributed by atoms with Gasteiger partial charge in [0.2, 0.25) is 21.8 Å². The minimum Gasteiger partial charge on any atom is -0.354 e. The minimum atomic E-state index is -3.71. The Hall–Kier alpha value is -1.93. The summed E-state index contributed by atoms with van der Waals surface area (Å²) in [6, 6.07) is 5.74. The molecule has 0 radical (unpaired) electrons. The summed E-state index contributed by atoms with van der Waals surface area (Å²) in [6.45, 7) is 6.59. The Morgan fingerprint density at radius 3 is 2.27 bits per heavy atom. The van der Waals surface area contributed by atoms with Crippen LogP contribution in [-0.4, -0.2) is 32.8 Å². The van der Waals surface area contributed by atoms with Gasteiger partial charge >= 0.3 is 0 Å². The lowest BCUT2D eigenvalue weighted by Gasteiger charge is -2.29. The Balaban J connectivity index is 1.89. The third-order valence-corrected chi connectivity index (χ3v) is 7.07. The van der Waals surface area contributed by atoms with Gasteiger partial charge < -0.3 is 10.6 Å². The van der Waals surface area contributed by atoms with Crippen molar-refractivity contribution in [2.45, 2.75) is 70.2 Å². The Morgan fingerprint density at radius 2 is 1.73 bits per heavy atom. The van der Waals surface area contributed by atoms with Crippen molar-refractivity contribution in [2.24, 2.45) is 22.9 Å². The van der Waals surface area contributed by atoms with Gasteiger partial charge in [-0.1, -0.05) is 39.3 Å². The summed E-state index contributed by atoms with van der Waals surface area (Å²) in [5.74, 6) is 0.508. The van der Waals surface area contributed by atoms with Crippen LogP contribution in [0.5, 0.6) is 0 Å². The van der Waals surface area contributed by atoms with Crippen LogP contribution in [-0.2, 0) is 26.0 Å². The number of carbonyl (C=O) groups is 2. The topological polar surface area (TPSA) is 118 Å². The van der Waals surface area contributed by atoms with Gasteiger partial charge in [-0.2, -0.15) is 0 Å². The van der Waals surface area contributed by atoms with Crippen LogP contribution in [0.15, 0.2) is 29.2 Å². The highest BCUT2D eigenvalue weighted by Crippen LogP contribution is 2.28. The number of sulfonamides is 1. The summed E-state index contributed by atoms with van der Waals surface area (Å²) < 4.78 is 22.6. The summed E-state index contributed by atoms with van der Waals surface area (Å²) in [6.07, 6.45) is 5.23. The van der Waals surface area contributed by atoms with Gasteiger partial charge in [-0.15, -0.1) is 0 Å². The molecule has 0 unspecified atom stereocenters. The van der Waals surface area contributed by atoms with E-state index in [-0.39, 0.29) is 28.5 Å². The second-order valence-corrected chi connectivity index (χ2v) is 10.1. The first kappa shape index (κ1) is 24.3. The molecule has 1 aromatic carbocycles. The van der Waals surface area contributed by atoms with Crippen molar-refractivity contribution in [3.05, 3.63) is 29.8 Å². The number of hydrogen-bond acceptors (Lipinski definition) is 4. The highest BCUT2D eigenvalue weighted by Gasteiger charge is 2.30. The zero-order valence-corrected chi connectivity index (χ0v) is 19.0.